The molecule has 94 valence electrons. The molecule has 0 atom stereocenters. The van der Waals surface area contributed by atoms with Crippen LogP contribution in [0.25, 0.3) is 0 Å². The number of rotatable bonds is 3. The molecule has 0 saturated carbocycles. The Morgan fingerprint density at radius 1 is 1.22 bits per heavy atom. The first-order chi connectivity index (χ1) is 8.86. The summed E-state index contributed by atoms with van der Waals surface area (Å²) in [7, 11) is 1.64. The summed E-state index contributed by atoms with van der Waals surface area (Å²) in [6.45, 7) is 1.56. The Bertz CT molecular complexity index is 511. The molecule has 0 spiro atoms. The monoisotopic (exact) mass is 247 g/mol. The van der Waals surface area contributed by atoms with Gasteiger partial charge in [0.2, 0.25) is 6.08 Å². The third kappa shape index (κ3) is 1.48. The number of methoxy groups -OCH3 is 1. The van der Waals surface area contributed by atoms with Gasteiger partial charge >= 0.3 is 0 Å². The first-order valence-electron chi connectivity index (χ1n) is 5.90. The minimum Gasteiger partial charge on any atom is -0.492 e. The molecule has 1 aromatic carbocycles. The molecular weight excluding hydrogens is 234 g/mol. The van der Waals surface area contributed by atoms with E-state index >= 15 is 0 Å². The van der Waals surface area contributed by atoms with Gasteiger partial charge in [0.05, 0.1) is 26.9 Å². The largest absolute Gasteiger partial charge is 0.492 e. The molecule has 5 heteroatoms. The number of ether oxygens (including phenoxy) is 3. The number of aliphatic imine (C=N–C) groups is 1. The average molecular weight is 247 g/mol. The van der Waals surface area contributed by atoms with Crippen molar-refractivity contribution in [2.75, 3.05) is 20.3 Å². The van der Waals surface area contributed by atoms with Crippen LogP contribution in [0.5, 0.6) is 17.2 Å². The highest BCUT2D eigenvalue weighted by Crippen LogP contribution is 2.49. The van der Waals surface area contributed by atoms with Gasteiger partial charge in [-0.3, -0.25) is 0 Å². The van der Waals surface area contributed by atoms with Gasteiger partial charge in [-0.15, -0.1) is 0 Å². The van der Waals surface area contributed by atoms with Crippen molar-refractivity contribution in [3.8, 4) is 17.2 Å². The van der Waals surface area contributed by atoms with Crippen LogP contribution in [0.15, 0.2) is 4.99 Å². The van der Waals surface area contributed by atoms with E-state index < -0.39 is 0 Å². The van der Waals surface area contributed by atoms with Crippen molar-refractivity contribution >= 4 is 6.08 Å². The van der Waals surface area contributed by atoms with Gasteiger partial charge in [-0.25, -0.2) is 9.79 Å². The van der Waals surface area contributed by atoms with Crippen molar-refractivity contribution in [2.45, 2.75) is 19.4 Å². The number of hydrogen-bond donors (Lipinski definition) is 0. The summed E-state index contributed by atoms with van der Waals surface area (Å²) in [5, 5.41) is 0. The van der Waals surface area contributed by atoms with E-state index in [1.54, 1.807) is 13.2 Å². The van der Waals surface area contributed by atoms with Gasteiger partial charge in [-0.05, 0) is 0 Å². The molecule has 0 aromatic heterocycles. The summed E-state index contributed by atoms with van der Waals surface area (Å²) >= 11 is 0. The maximum absolute atomic E-state index is 10.3. The lowest BCUT2D eigenvalue weighted by atomic mass is 9.98. The fourth-order valence-corrected chi connectivity index (χ4v) is 2.66. The zero-order valence-corrected chi connectivity index (χ0v) is 10.1. The smallest absolute Gasteiger partial charge is 0.235 e. The van der Waals surface area contributed by atoms with Crippen LogP contribution >= 0.6 is 0 Å². The summed E-state index contributed by atoms with van der Waals surface area (Å²) < 4.78 is 16.8. The first kappa shape index (κ1) is 11.1. The first-order valence-corrected chi connectivity index (χ1v) is 5.90. The van der Waals surface area contributed by atoms with E-state index in [1.165, 1.54) is 0 Å². The second kappa shape index (κ2) is 4.35. The highest BCUT2D eigenvalue weighted by molar-refractivity contribution is 5.65. The molecule has 0 bridgehead atoms. The van der Waals surface area contributed by atoms with Crippen molar-refractivity contribution in [3.63, 3.8) is 0 Å². The molecule has 0 radical (unpaired) electrons. The maximum atomic E-state index is 10.3. The Labute approximate surface area is 104 Å². The Hall–Kier alpha value is -2.00. The quantitative estimate of drug-likeness (QED) is 0.598. The minimum absolute atomic E-state index is 0.293. The third-order valence-corrected chi connectivity index (χ3v) is 3.37. The van der Waals surface area contributed by atoms with Crippen molar-refractivity contribution in [3.05, 3.63) is 16.7 Å². The Balaban J connectivity index is 2.22. The van der Waals surface area contributed by atoms with E-state index in [9.17, 15) is 4.79 Å². The van der Waals surface area contributed by atoms with E-state index in [4.69, 9.17) is 14.2 Å². The summed E-state index contributed by atoms with van der Waals surface area (Å²) in [5.74, 6) is 2.38. The molecule has 2 heterocycles. The standard InChI is InChI=1S/C13H13NO4/c1-16-12-9-3-5-17-11(9)10(6-14-7-15)8-2-4-18-13(8)12/h2-6H2,1H3. The molecule has 5 nitrogen and oxygen atoms in total. The molecule has 0 amide bonds. The molecule has 0 N–H and O–H groups in total. The van der Waals surface area contributed by atoms with Crippen LogP contribution in [0.3, 0.4) is 0 Å². The van der Waals surface area contributed by atoms with E-state index in [0.29, 0.717) is 19.8 Å². The van der Waals surface area contributed by atoms with Crippen LogP contribution in [0.4, 0.5) is 0 Å². The lowest BCUT2D eigenvalue weighted by Crippen LogP contribution is -1.98. The lowest BCUT2D eigenvalue weighted by molar-refractivity contribution is 0.324. The van der Waals surface area contributed by atoms with Crippen LogP contribution in [-0.4, -0.2) is 26.4 Å². The molecule has 0 fully saturated rings. The van der Waals surface area contributed by atoms with Crippen molar-refractivity contribution in [1.82, 2.24) is 0 Å². The van der Waals surface area contributed by atoms with Gasteiger partial charge in [-0.1, -0.05) is 0 Å². The highest BCUT2D eigenvalue weighted by atomic mass is 16.5. The molecule has 2 aliphatic rings. The molecule has 2 aliphatic heterocycles. The summed E-state index contributed by atoms with van der Waals surface area (Å²) in [5.41, 5.74) is 3.01. The van der Waals surface area contributed by atoms with Crippen molar-refractivity contribution in [1.29, 1.82) is 0 Å². The zero-order valence-electron chi connectivity index (χ0n) is 10.1. The number of benzene rings is 1. The van der Waals surface area contributed by atoms with Gasteiger partial charge in [0.25, 0.3) is 0 Å². The van der Waals surface area contributed by atoms with Crippen LogP contribution in [0.1, 0.15) is 16.7 Å². The second-order valence-corrected chi connectivity index (χ2v) is 4.23. The van der Waals surface area contributed by atoms with Crippen LogP contribution in [-0.2, 0) is 24.2 Å². The normalized spacial score (nSPS) is 15.2. The van der Waals surface area contributed by atoms with Gasteiger partial charge in [0.1, 0.15) is 5.75 Å². The fourth-order valence-electron chi connectivity index (χ4n) is 2.66. The van der Waals surface area contributed by atoms with Gasteiger partial charge in [-0.2, -0.15) is 0 Å². The van der Waals surface area contributed by atoms with E-state index in [0.717, 1.165) is 46.8 Å². The van der Waals surface area contributed by atoms with Gasteiger partial charge < -0.3 is 14.2 Å². The maximum Gasteiger partial charge on any atom is 0.235 e. The Morgan fingerprint density at radius 2 is 1.94 bits per heavy atom. The molecule has 1 aromatic rings. The van der Waals surface area contributed by atoms with Crippen LogP contribution in [0, 0.1) is 0 Å². The van der Waals surface area contributed by atoms with Crippen LogP contribution in [0.2, 0.25) is 0 Å². The molecular formula is C13H13NO4. The summed E-state index contributed by atoms with van der Waals surface area (Å²) in [4.78, 5) is 14.0. The molecule has 3 rings (SSSR count). The number of nitrogens with zero attached hydrogens (tertiary/aromatic N) is 1. The minimum atomic E-state index is 0.293. The fraction of sp³-hybridized carbons (Fsp3) is 0.462. The molecule has 0 aliphatic carbocycles. The SMILES string of the molecule is COc1c2c(c(CN=C=O)c3c1OCC3)OCC2. The Morgan fingerprint density at radius 3 is 2.67 bits per heavy atom. The summed E-state index contributed by atoms with van der Waals surface area (Å²) in [6.07, 6.45) is 3.17. The predicted octanol–water partition coefficient (Wildman–Crippen LogP) is 1.40. The average Bonchev–Trinajstić information content (AvgIpc) is 3.02. The molecule has 0 unspecified atom stereocenters. The van der Waals surface area contributed by atoms with E-state index in [2.05, 4.69) is 4.99 Å². The second-order valence-electron chi connectivity index (χ2n) is 4.23. The van der Waals surface area contributed by atoms with Crippen molar-refractivity contribution in [2.24, 2.45) is 4.99 Å². The third-order valence-electron chi connectivity index (χ3n) is 3.37. The lowest BCUT2D eigenvalue weighted by Gasteiger charge is -2.15. The predicted molar refractivity (Wildman–Crippen MR) is 63.2 cm³/mol. The van der Waals surface area contributed by atoms with E-state index in [1.807, 2.05) is 0 Å². The van der Waals surface area contributed by atoms with E-state index in [-0.39, 0.29) is 0 Å². The van der Waals surface area contributed by atoms with Gasteiger partial charge in [0.15, 0.2) is 11.5 Å². The number of hydrogen-bond acceptors (Lipinski definition) is 5. The number of carbonyl (C=O) groups excluding carboxylic acids is 1. The highest BCUT2D eigenvalue weighted by Gasteiger charge is 2.31. The number of isocyanates is 1. The molecule has 18 heavy (non-hydrogen) atoms. The molecule has 0 saturated heterocycles. The Kier molecular flexibility index (Phi) is 2.68. The van der Waals surface area contributed by atoms with Crippen molar-refractivity contribution < 1.29 is 19.0 Å². The van der Waals surface area contributed by atoms with Gasteiger partial charge in [0, 0.05) is 29.5 Å². The zero-order chi connectivity index (χ0) is 12.5. The van der Waals surface area contributed by atoms with Crippen LogP contribution < -0.4 is 14.2 Å². The topological polar surface area (TPSA) is 57.1 Å². The summed E-state index contributed by atoms with van der Waals surface area (Å²) in [6, 6.07) is 0. The number of fused-ring (bicyclic) bond motifs is 2.